The number of carbonyl (C=O) groups excluding carboxylic acids is 2. The fourth-order valence-corrected chi connectivity index (χ4v) is 5.63. The molecule has 0 saturated carbocycles. The lowest BCUT2D eigenvalue weighted by atomic mass is 10.1. The summed E-state index contributed by atoms with van der Waals surface area (Å²) >= 11 is 1.39. The number of hydrogen-bond acceptors (Lipinski definition) is 6. The number of nitrogens with one attached hydrogen (secondary N) is 1. The molecule has 39 heavy (non-hydrogen) atoms. The van der Waals surface area contributed by atoms with E-state index in [0.29, 0.717) is 28.0 Å². The molecule has 0 radical (unpaired) electrons. The zero-order valence-electron chi connectivity index (χ0n) is 20.5. The smallest absolute Gasteiger partial charge is 0.269 e. The molecule has 6 rings (SSSR count). The molecule has 0 aliphatic carbocycles. The molecule has 4 aromatic carbocycles. The van der Waals surface area contributed by atoms with Crippen molar-refractivity contribution < 1.29 is 14.7 Å². The maximum Gasteiger partial charge on any atom is 0.269 e. The quantitative estimate of drug-likeness (QED) is 0.339. The van der Waals surface area contributed by atoms with Crippen LogP contribution in [-0.4, -0.2) is 37.2 Å². The van der Waals surface area contributed by atoms with Gasteiger partial charge in [-0.25, -0.2) is 9.99 Å². The van der Waals surface area contributed by atoms with Gasteiger partial charge in [0.1, 0.15) is 16.9 Å². The standard InChI is InChI=1S/C30H22N4O4S/c35-23-16-12-21(13-17-23)30-34(26(36)18-39-30)32-28(37)20-10-14-22(15-11-20)33-27(19-6-2-1-3-7-19)31-25-9-5-4-8-24(25)29(33)38/h1-17,30,35H,18H2,(H,32,37). The zero-order valence-corrected chi connectivity index (χ0v) is 21.3. The molecular weight excluding hydrogens is 512 g/mol. The SMILES string of the molecule is O=C(NN1C(=O)CSC1c1ccc(O)cc1)c1ccc(-n2c(-c3ccccc3)nc3ccccc3c2=O)cc1. The van der Waals surface area contributed by atoms with Crippen molar-refractivity contribution in [1.29, 1.82) is 0 Å². The zero-order chi connectivity index (χ0) is 26.9. The summed E-state index contributed by atoms with van der Waals surface area (Å²) in [6, 6.07) is 29.8. The minimum absolute atomic E-state index is 0.125. The number of phenols is 1. The third-order valence-electron chi connectivity index (χ3n) is 6.46. The summed E-state index contributed by atoms with van der Waals surface area (Å²) in [7, 11) is 0. The number of aromatic nitrogens is 2. The third kappa shape index (κ3) is 4.64. The first-order valence-electron chi connectivity index (χ1n) is 12.2. The van der Waals surface area contributed by atoms with Gasteiger partial charge < -0.3 is 5.11 Å². The van der Waals surface area contributed by atoms with Crippen LogP contribution >= 0.6 is 11.8 Å². The number of para-hydroxylation sites is 1. The lowest BCUT2D eigenvalue weighted by molar-refractivity contribution is -0.130. The maximum atomic E-state index is 13.6. The van der Waals surface area contributed by atoms with Crippen molar-refractivity contribution in [3.8, 4) is 22.8 Å². The van der Waals surface area contributed by atoms with Gasteiger partial charge in [-0.15, -0.1) is 11.8 Å². The number of phenolic OH excluding ortho intramolecular Hbond substituents is 1. The highest BCUT2D eigenvalue weighted by Crippen LogP contribution is 2.37. The van der Waals surface area contributed by atoms with Crippen molar-refractivity contribution >= 4 is 34.5 Å². The monoisotopic (exact) mass is 534 g/mol. The Kier molecular flexibility index (Phi) is 6.34. The van der Waals surface area contributed by atoms with Crippen molar-refractivity contribution in [2.45, 2.75) is 5.37 Å². The van der Waals surface area contributed by atoms with Gasteiger partial charge in [-0.2, -0.15) is 0 Å². The highest BCUT2D eigenvalue weighted by atomic mass is 32.2. The van der Waals surface area contributed by atoms with E-state index in [4.69, 9.17) is 4.98 Å². The molecule has 0 bridgehead atoms. The Bertz CT molecular complexity index is 1750. The van der Waals surface area contributed by atoms with E-state index in [2.05, 4.69) is 5.43 Å². The molecule has 192 valence electrons. The molecule has 0 spiro atoms. The van der Waals surface area contributed by atoms with Crippen molar-refractivity contribution in [3.05, 3.63) is 125 Å². The second-order valence-electron chi connectivity index (χ2n) is 8.97. The molecule has 2 amide bonds. The second-order valence-corrected chi connectivity index (χ2v) is 10.0. The Morgan fingerprint density at radius 1 is 0.872 bits per heavy atom. The van der Waals surface area contributed by atoms with Gasteiger partial charge >= 0.3 is 0 Å². The Hall–Kier alpha value is -4.89. The van der Waals surface area contributed by atoms with Crippen LogP contribution in [0.4, 0.5) is 0 Å². The molecule has 1 aromatic heterocycles. The lowest BCUT2D eigenvalue weighted by Crippen LogP contribution is -2.44. The van der Waals surface area contributed by atoms with E-state index in [9.17, 15) is 19.5 Å². The van der Waals surface area contributed by atoms with Crippen molar-refractivity contribution in [3.63, 3.8) is 0 Å². The number of fused-ring (bicyclic) bond motifs is 1. The van der Waals surface area contributed by atoms with Gasteiger partial charge in [0.2, 0.25) is 0 Å². The van der Waals surface area contributed by atoms with Crippen LogP contribution in [0, 0.1) is 0 Å². The van der Waals surface area contributed by atoms with E-state index in [1.807, 2.05) is 42.5 Å². The average molecular weight is 535 g/mol. The normalized spacial score (nSPS) is 15.0. The summed E-state index contributed by atoms with van der Waals surface area (Å²) in [5.41, 5.74) is 5.57. The average Bonchev–Trinajstić information content (AvgIpc) is 3.33. The van der Waals surface area contributed by atoms with Gasteiger partial charge in [-0.1, -0.05) is 54.6 Å². The first-order valence-corrected chi connectivity index (χ1v) is 13.3. The van der Waals surface area contributed by atoms with E-state index in [1.54, 1.807) is 65.2 Å². The molecule has 1 aliphatic rings. The Morgan fingerprint density at radius 2 is 1.56 bits per heavy atom. The summed E-state index contributed by atoms with van der Waals surface area (Å²) in [5, 5.41) is 11.0. The number of aromatic hydroxyl groups is 1. The van der Waals surface area contributed by atoms with Gasteiger partial charge in [0.05, 0.1) is 22.3 Å². The van der Waals surface area contributed by atoms with Crippen LogP contribution in [0.1, 0.15) is 21.3 Å². The Morgan fingerprint density at radius 3 is 2.31 bits per heavy atom. The Labute approximate surface area is 227 Å². The number of hydrogen-bond donors (Lipinski definition) is 2. The van der Waals surface area contributed by atoms with Crippen molar-refractivity contribution in [1.82, 2.24) is 20.0 Å². The minimum atomic E-state index is -0.451. The maximum absolute atomic E-state index is 13.6. The number of rotatable bonds is 5. The number of thioether (sulfide) groups is 1. The van der Waals surface area contributed by atoms with Gasteiger partial charge in [0, 0.05) is 11.1 Å². The van der Waals surface area contributed by atoms with Crippen LogP contribution < -0.4 is 11.0 Å². The highest BCUT2D eigenvalue weighted by molar-refractivity contribution is 8.00. The first-order chi connectivity index (χ1) is 19.0. The van der Waals surface area contributed by atoms with Crippen molar-refractivity contribution in [2.75, 3.05) is 5.75 Å². The number of benzene rings is 4. The van der Waals surface area contributed by atoms with Gasteiger partial charge in [-0.05, 0) is 54.1 Å². The van der Waals surface area contributed by atoms with E-state index >= 15 is 0 Å². The number of hydrazine groups is 1. The number of carbonyl (C=O) groups is 2. The fraction of sp³-hybridized carbons (Fsp3) is 0.0667. The van der Waals surface area contributed by atoms with Crippen molar-refractivity contribution in [2.24, 2.45) is 0 Å². The predicted molar refractivity (Wildman–Crippen MR) is 150 cm³/mol. The topological polar surface area (TPSA) is 105 Å². The molecule has 8 nitrogen and oxygen atoms in total. The summed E-state index contributed by atoms with van der Waals surface area (Å²) in [5.74, 6) is 0.177. The molecule has 5 aromatic rings. The molecule has 1 atom stereocenters. The molecule has 9 heteroatoms. The molecule has 2 N–H and O–H groups in total. The first kappa shape index (κ1) is 24.4. The third-order valence-corrected chi connectivity index (χ3v) is 7.68. The van der Waals surface area contributed by atoms with Crippen LogP contribution in [0.2, 0.25) is 0 Å². The second kappa shape index (κ2) is 10.1. The predicted octanol–water partition coefficient (Wildman–Crippen LogP) is 4.68. The van der Waals surface area contributed by atoms with E-state index in [0.717, 1.165) is 11.1 Å². The summed E-state index contributed by atoms with van der Waals surface area (Å²) in [6.07, 6.45) is 0. The van der Waals surface area contributed by atoms with Crippen LogP contribution in [-0.2, 0) is 4.79 Å². The molecule has 1 saturated heterocycles. The summed E-state index contributed by atoms with van der Waals surface area (Å²) in [4.78, 5) is 44.0. The van der Waals surface area contributed by atoms with E-state index < -0.39 is 11.3 Å². The lowest BCUT2D eigenvalue weighted by Gasteiger charge is -2.24. The van der Waals surface area contributed by atoms with E-state index in [1.165, 1.54) is 16.8 Å². The highest BCUT2D eigenvalue weighted by Gasteiger charge is 2.34. The fourth-order valence-electron chi connectivity index (χ4n) is 4.52. The molecule has 2 heterocycles. The van der Waals surface area contributed by atoms with Gasteiger partial charge in [0.15, 0.2) is 0 Å². The summed E-state index contributed by atoms with van der Waals surface area (Å²) in [6.45, 7) is 0. The Balaban J connectivity index is 1.32. The van der Waals surface area contributed by atoms with Crippen LogP contribution in [0.25, 0.3) is 28.0 Å². The molecule has 1 aliphatic heterocycles. The number of amides is 2. The number of nitrogens with zero attached hydrogens (tertiary/aromatic N) is 3. The van der Waals surface area contributed by atoms with Gasteiger partial charge in [-0.3, -0.25) is 24.4 Å². The van der Waals surface area contributed by atoms with Crippen LogP contribution in [0.15, 0.2) is 108 Å². The largest absolute Gasteiger partial charge is 0.508 e. The molecular formula is C30H22N4O4S. The summed E-state index contributed by atoms with van der Waals surface area (Å²) < 4.78 is 1.54. The molecule has 1 unspecified atom stereocenters. The van der Waals surface area contributed by atoms with E-state index in [-0.39, 0.29) is 23.0 Å². The van der Waals surface area contributed by atoms with Gasteiger partial charge in [0.25, 0.3) is 17.4 Å². The molecule has 1 fully saturated rings. The minimum Gasteiger partial charge on any atom is -0.508 e. The van der Waals surface area contributed by atoms with Crippen LogP contribution in [0.3, 0.4) is 0 Å². The van der Waals surface area contributed by atoms with Crippen LogP contribution in [0.5, 0.6) is 5.75 Å².